The molecule has 2 unspecified atom stereocenters. The Balaban J connectivity index is 2.00. The SMILES string of the molecule is CC1CCC(Cc2cc(Br)ccc2F)NC1. The molecule has 88 valence electrons. The van der Waals surface area contributed by atoms with Crippen LogP contribution in [0.2, 0.25) is 0 Å². The Morgan fingerprint density at radius 3 is 2.94 bits per heavy atom. The highest BCUT2D eigenvalue weighted by Crippen LogP contribution is 2.21. The number of halogens is 2. The van der Waals surface area contributed by atoms with E-state index in [2.05, 4.69) is 28.2 Å². The van der Waals surface area contributed by atoms with Crippen molar-refractivity contribution in [3.63, 3.8) is 0 Å². The second kappa shape index (κ2) is 5.28. The minimum Gasteiger partial charge on any atom is -0.313 e. The highest BCUT2D eigenvalue weighted by Gasteiger charge is 2.18. The second-order valence-electron chi connectivity index (χ2n) is 4.73. The largest absolute Gasteiger partial charge is 0.313 e. The van der Waals surface area contributed by atoms with E-state index >= 15 is 0 Å². The van der Waals surface area contributed by atoms with E-state index in [4.69, 9.17) is 0 Å². The number of benzene rings is 1. The van der Waals surface area contributed by atoms with E-state index in [1.54, 1.807) is 6.07 Å². The molecule has 1 saturated heterocycles. The van der Waals surface area contributed by atoms with E-state index in [9.17, 15) is 4.39 Å². The van der Waals surface area contributed by atoms with E-state index < -0.39 is 0 Å². The van der Waals surface area contributed by atoms with Gasteiger partial charge in [0.25, 0.3) is 0 Å². The Bertz CT molecular complexity index is 359. The molecule has 0 saturated carbocycles. The predicted octanol–water partition coefficient (Wildman–Crippen LogP) is 3.52. The molecule has 2 atom stereocenters. The summed E-state index contributed by atoms with van der Waals surface area (Å²) in [6.45, 7) is 3.31. The summed E-state index contributed by atoms with van der Waals surface area (Å²) in [4.78, 5) is 0. The molecular formula is C13H17BrFN. The van der Waals surface area contributed by atoms with Crippen LogP contribution in [0.4, 0.5) is 4.39 Å². The van der Waals surface area contributed by atoms with E-state index in [-0.39, 0.29) is 5.82 Å². The van der Waals surface area contributed by atoms with Gasteiger partial charge in [0.1, 0.15) is 5.82 Å². The number of hydrogen-bond acceptors (Lipinski definition) is 1. The lowest BCUT2D eigenvalue weighted by Crippen LogP contribution is -2.39. The lowest BCUT2D eigenvalue weighted by molar-refractivity contribution is 0.324. The van der Waals surface area contributed by atoms with Gasteiger partial charge in [0, 0.05) is 10.5 Å². The molecule has 1 nitrogen and oxygen atoms in total. The fraction of sp³-hybridized carbons (Fsp3) is 0.538. The molecule has 0 bridgehead atoms. The number of piperidine rings is 1. The normalized spacial score (nSPS) is 25.7. The molecule has 1 aliphatic rings. The molecule has 1 N–H and O–H groups in total. The summed E-state index contributed by atoms with van der Waals surface area (Å²) in [6.07, 6.45) is 3.18. The van der Waals surface area contributed by atoms with Crippen molar-refractivity contribution in [2.24, 2.45) is 5.92 Å². The maximum atomic E-state index is 13.6. The van der Waals surface area contributed by atoms with Crippen LogP contribution < -0.4 is 5.32 Å². The number of rotatable bonds is 2. The summed E-state index contributed by atoms with van der Waals surface area (Å²) in [7, 11) is 0. The lowest BCUT2D eigenvalue weighted by atomic mass is 9.92. The van der Waals surface area contributed by atoms with E-state index in [1.165, 1.54) is 12.5 Å². The van der Waals surface area contributed by atoms with Gasteiger partial charge in [0.2, 0.25) is 0 Å². The van der Waals surface area contributed by atoms with Crippen molar-refractivity contribution in [2.75, 3.05) is 6.54 Å². The third-order valence-electron chi connectivity index (χ3n) is 3.24. The summed E-state index contributed by atoms with van der Waals surface area (Å²) in [5.74, 6) is 0.659. The molecule has 0 radical (unpaired) electrons. The number of nitrogens with one attached hydrogen (secondary N) is 1. The van der Waals surface area contributed by atoms with E-state index in [0.717, 1.165) is 35.3 Å². The lowest BCUT2D eigenvalue weighted by Gasteiger charge is -2.28. The quantitative estimate of drug-likeness (QED) is 0.877. The summed E-state index contributed by atoms with van der Waals surface area (Å²) in [6, 6.07) is 5.59. The van der Waals surface area contributed by atoms with Crippen molar-refractivity contribution < 1.29 is 4.39 Å². The average Bonchev–Trinajstić information content (AvgIpc) is 2.27. The van der Waals surface area contributed by atoms with Crippen LogP contribution in [0.3, 0.4) is 0 Å². The molecule has 1 heterocycles. The molecule has 2 rings (SSSR count). The zero-order chi connectivity index (χ0) is 11.5. The average molecular weight is 286 g/mol. The molecule has 1 fully saturated rings. The first-order valence-electron chi connectivity index (χ1n) is 5.82. The third kappa shape index (κ3) is 3.05. The Labute approximate surface area is 105 Å². The Kier molecular flexibility index (Phi) is 3.98. The van der Waals surface area contributed by atoms with Crippen molar-refractivity contribution in [2.45, 2.75) is 32.2 Å². The molecule has 1 aromatic carbocycles. The topological polar surface area (TPSA) is 12.0 Å². The van der Waals surface area contributed by atoms with Crippen molar-refractivity contribution in [3.05, 3.63) is 34.1 Å². The smallest absolute Gasteiger partial charge is 0.126 e. The highest BCUT2D eigenvalue weighted by atomic mass is 79.9. The van der Waals surface area contributed by atoms with Gasteiger partial charge in [0.05, 0.1) is 0 Å². The van der Waals surface area contributed by atoms with E-state index in [1.807, 2.05) is 6.07 Å². The predicted molar refractivity (Wildman–Crippen MR) is 68.0 cm³/mol. The summed E-state index contributed by atoms with van der Waals surface area (Å²) in [5.41, 5.74) is 0.807. The summed E-state index contributed by atoms with van der Waals surface area (Å²) in [5, 5.41) is 3.48. The van der Waals surface area contributed by atoms with Gasteiger partial charge in [-0.3, -0.25) is 0 Å². The van der Waals surface area contributed by atoms with Crippen LogP contribution >= 0.6 is 15.9 Å². The monoisotopic (exact) mass is 285 g/mol. The van der Waals surface area contributed by atoms with Gasteiger partial charge in [-0.15, -0.1) is 0 Å². The van der Waals surface area contributed by atoms with Crippen molar-refractivity contribution in [1.82, 2.24) is 5.32 Å². The Hall–Kier alpha value is -0.410. The van der Waals surface area contributed by atoms with Crippen molar-refractivity contribution >= 4 is 15.9 Å². The standard InChI is InChI=1S/C13H17BrFN/c1-9-2-4-12(16-8-9)7-10-6-11(14)3-5-13(10)15/h3,5-6,9,12,16H,2,4,7-8H2,1H3. The first-order chi connectivity index (χ1) is 7.65. The van der Waals surface area contributed by atoms with Gasteiger partial charge in [-0.25, -0.2) is 4.39 Å². The number of hydrogen-bond donors (Lipinski definition) is 1. The van der Waals surface area contributed by atoms with Gasteiger partial charge < -0.3 is 5.32 Å². The van der Waals surface area contributed by atoms with Crippen molar-refractivity contribution in [3.8, 4) is 0 Å². The van der Waals surface area contributed by atoms with Crippen LogP contribution in [0.5, 0.6) is 0 Å². The highest BCUT2D eigenvalue weighted by molar-refractivity contribution is 9.10. The van der Waals surface area contributed by atoms with Gasteiger partial charge in [-0.05, 0) is 55.5 Å². The maximum Gasteiger partial charge on any atom is 0.126 e. The van der Waals surface area contributed by atoms with Crippen LogP contribution in [-0.2, 0) is 6.42 Å². The fourth-order valence-electron chi connectivity index (χ4n) is 2.20. The molecule has 1 aliphatic heterocycles. The van der Waals surface area contributed by atoms with Crippen LogP contribution in [-0.4, -0.2) is 12.6 Å². The van der Waals surface area contributed by atoms with Crippen LogP contribution in [0, 0.1) is 11.7 Å². The molecule has 16 heavy (non-hydrogen) atoms. The van der Waals surface area contributed by atoms with Gasteiger partial charge in [0.15, 0.2) is 0 Å². The Morgan fingerprint density at radius 2 is 2.25 bits per heavy atom. The summed E-state index contributed by atoms with van der Waals surface area (Å²) < 4.78 is 14.5. The van der Waals surface area contributed by atoms with Crippen LogP contribution in [0.25, 0.3) is 0 Å². The van der Waals surface area contributed by atoms with Crippen LogP contribution in [0.1, 0.15) is 25.3 Å². The minimum atomic E-state index is -0.0939. The minimum absolute atomic E-state index is 0.0939. The molecule has 1 aromatic rings. The molecule has 3 heteroatoms. The molecule has 0 aliphatic carbocycles. The van der Waals surface area contributed by atoms with Gasteiger partial charge in [-0.2, -0.15) is 0 Å². The third-order valence-corrected chi connectivity index (χ3v) is 3.73. The summed E-state index contributed by atoms with van der Waals surface area (Å²) >= 11 is 3.38. The van der Waals surface area contributed by atoms with Crippen molar-refractivity contribution in [1.29, 1.82) is 0 Å². The van der Waals surface area contributed by atoms with E-state index in [0.29, 0.717) is 6.04 Å². The zero-order valence-corrected chi connectivity index (χ0v) is 11.1. The van der Waals surface area contributed by atoms with Gasteiger partial charge >= 0.3 is 0 Å². The zero-order valence-electron chi connectivity index (χ0n) is 9.47. The second-order valence-corrected chi connectivity index (χ2v) is 5.64. The van der Waals surface area contributed by atoms with Gasteiger partial charge in [-0.1, -0.05) is 22.9 Å². The maximum absolute atomic E-state index is 13.6. The van der Waals surface area contributed by atoms with Crippen LogP contribution in [0.15, 0.2) is 22.7 Å². The Morgan fingerprint density at radius 1 is 1.44 bits per heavy atom. The molecule has 0 aromatic heterocycles. The molecular weight excluding hydrogens is 269 g/mol. The fourth-order valence-corrected chi connectivity index (χ4v) is 2.61. The molecule has 0 amide bonds. The first kappa shape index (κ1) is 12.1. The first-order valence-corrected chi connectivity index (χ1v) is 6.62. The molecule has 0 spiro atoms.